The van der Waals surface area contributed by atoms with Crippen molar-refractivity contribution in [1.29, 1.82) is 0 Å². The number of hydrogen-bond donors (Lipinski definition) is 1. The van der Waals surface area contributed by atoms with E-state index in [2.05, 4.69) is 15.3 Å². The van der Waals surface area contributed by atoms with E-state index >= 15 is 0 Å². The highest BCUT2D eigenvalue weighted by Gasteiger charge is 2.07. The second-order valence-corrected chi connectivity index (χ2v) is 3.57. The summed E-state index contributed by atoms with van der Waals surface area (Å²) in [4.78, 5) is 8.24. The molecule has 0 saturated heterocycles. The van der Waals surface area contributed by atoms with Crippen LogP contribution in [0.1, 0.15) is 0 Å². The van der Waals surface area contributed by atoms with Gasteiger partial charge in [0.05, 0.1) is 23.1 Å². The second kappa shape index (κ2) is 4.45. The van der Waals surface area contributed by atoms with Gasteiger partial charge >= 0.3 is 0 Å². The first-order valence-electron chi connectivity index (χ1n) is 4.66. The van der Waals surface area contributed by atoms with Crippen molar-refractivity contribution in [1.82, 2.24) is 9.97 Å². The molecule has 1 N–H and O–H groups in total. The third kappa shape index (κ3) is 2.12. The summed E-state index contributed by atoms with van der Waals surface area (Å²) in [6.45, 7) is 0. The number of benzene rings is 1. The van der Waals surface area contributed by atoms with Crippen molar-refractivity contribution in [3.05, 3.63) is 41.4 Å². The normalized spacial score (nSPS) is 10.2. The summed E-state index contributed by atoms with van der Waals surface area (Å²) < 4.78 is 13.1. The number of aromatic nitrogens is 2. The fourth-order valence-electron chi connectivity index (χ4n) is 1.31. The van der Waals surface area contributed by atoms with E-state index < -0.39 is 0 Å². The molecular weight excluding hydrogens is 229 g/mol. The van der Waals surface area contributed by atoms with E-state index in [-0.39, 0.29) is 5.82 Å². The first kappa shape index (κ1) is 10.8. The molecule has 0 bridgehead atoms. The summed E-state index contributed by atoms with van der Waals surface area (Å²) in [5.74, 6) is 0.258. The van der Waals surface area contributed by atoms with Gasteiger partial charge in [-0.15, -0.1) is 0 Å². The molecule has 0 fully saturated rings. The molecule has 0 saturated carbocycles. The van der Waals surface area contributed by atoms with Crippen LogP contribution in [0.4, 0.5) is 10.2 Å². The molecule has 0 atom stereocenters. The predicted molar refractivity (Wildman–Crippen MR) is 62.0 cm³/mol. The molecule has 0 aliphatic rings. The predicted octanol–water partition coefficient (Wildman–Crippen LogP) is 2.98. The molecule has 82 valence electrons. The van der Waals surface area contributed by atoms with Crippen molar-refractivity contribution in [2.75, 3.05) is 12.4 Å². The first-order valence-corrected chi connectivity index (χ1v) is 5.03. The molecule has 2 rings (SSSR count). The minimum atomic E-state index is -0.351. The summed E-state index contributed by atoms with van der Waals surface area (Å²) in [5, 5.41) is 3.31. The molecule has 2 aromatic rings. The molecule has 0 spiro atoms. The lowest BCUT2D eigenvalue weighted by Crippen LogP contribution is -1.95. The molecule has 0 radical (unpaired) electrons. The maximum Gasteiger partial charge on any atom is 0.144 e. The van der Waals surface area contributed by atoms with Crippen LogP contribution in [0.2, 0.25) is 5.02 Å². The van der Waals surface area contributed by atoms with Crippen molar-refractivity contribution >= 4 is 17.4 Å². The molecule has 1 aromatic carbocycles. The van der Waals surface area contributed by atoms with E-state index in [9.17, 15) is 4.39 Å². The summed E-state index contributed by atoms with van der Waals surface area (Å²) >= 11 is 5.97. The third-order valence-corrected chi connectivity index (χ3v) is 2.42. The zero-order valence-electron chi connectivity index (χ0n) is 8.54. The van der Waals surface area contributed by atoms with Crippen LogP contribution in [0.5, 0.6) is 0 Å². The van der Waals surface area contributed by atoms with Gasteiger partial charge in [0.25, 0.3) is 0 Å². The highest BCUT2D eigenvalue weighted by Crippen LogP contribution is 2.27. The first-order chi connectivity index (χ1) is 7.70. The van der Waals surface area contributed by atoms with Gasteiger partial charge in [0, 0.05) is 12.6 Å². The van der Waals surface area contributed by atoms with Gasteiger partial charge in [-0.2, -0.15) is 0 Å². The Kier molecular flexibility index (Phi) is 3.01. The Balaban J connectivity index is 2.53. The highest BCUT2D eigenvalue weighted by atomic mass is 35.5. The van der Waals surface area contributed by atoms with Gasteiger partial charge in [-0.3, -0.25) is 4.98 Å². The van der Waals surface area contributed by atoms with E-state index in [1.165, 1.54) is 18.2 Å². The molecule has 0 aliphatic carbocycles. The van der Waals surface area contributed by atoms with Gasteiger partial charge in [0.1, 0.15) is 11.6 Å². The van der Waals surface area contributed by atoms with Crippen LogP contribution < -0.4 is 5.32 Å². The second-order valence-electron chi connectivity index (χ2n) is 3.16. The van der Waals surface area contributed by atoms with Crippen molar-refractivity contribution in [2.24, 2.45) is 0 Å². The molecular formula is C11H9ClFN3. The molecule has 0 amide bonds. The monoisotopic (exact) mass is 237 g/mol. The van der Waals surface area contributed by atoms with E-state index in [1.807, 2.05) is 0 Å². The smallest absolute Gasteiger partial charge is 0.144 e. The van der Waals surface area contributed by atoms with Crippen molar-refractivity contribution in [2.45, 2.75) is 0 Å². The van der Waals surface area contributed by atoms with Crippen LogP contribution in [0, 0.1) is 5.82 Å². The average molecular weight is 238 g/mol. The van der Waals surface area contributed by atoms with Crippen molar-refractivity contribution < 1.29 is 4.39 Å². The van der Waals surface area contributed by atoms with Crippen LogP contribution in [-0.4, -0.2) is 17.0 Å². The molecule has 1 aromatic heterocycles. The molecule has 0 aliphatic heterocycles. The van der Waals surface area contributed by atoms with Crippen molar-refractivity contribution in [3.63, 3.8) is 0 Å². The Bertz CT molecular complexity index is 516. The molecule has 1 heterocycles. The van der Waals surface area contributed by atoms with E-state index in [0.29, 0.717) is 22.1 Å². The molecule has 5 heteroatoms. The maximum atomic E-state index is 13.1. The summed E-state index contributed by atoms with van der Waals surface area (Å²) in [6, 6.07) is 4.15. The standard InChI is InChI=1S/C11H9ClFN3/c1-14-11-6-15-5-10(16-11)8-4-7(13)2-3-9(8)12/h2-6H,1H3,(H,14,16). The van der Waals surface area contributed by atoms with Crippen LogP contribution in [-0.2, 0) is 0 Å². The lowest BCUT2D eigenvalue weighted by molar-refractivity contribution is 0.628. The van der Waals surface area contributed by atoms with E-state index in [0.717, 1.165) is 0 Å². The number of anilines is 1. The summed E-state index contributed by atoms with van der Waals surface area (Å²) in [5.41, 5.74) is 1.07. The van der Waals surface area contributed by atoms with Gasteiger partial charge in [-0.05, 0) is 18.2 Å². The lowest BCUT2D eigenvalue weighted by Gasteiger charge is -2.05. The van der Waals surface area contributed by atoms with Crippen LogP contribution in [0.3, 0.4) is 0 Å². The third-order valence-electron chi connectivity index (χ3n) is 2.10. The van der Waals surface area contributed by atoms with Gasteiger partial charge < -0.3 is 5.32 Å². The number of halogens is 2. The van der Waals surface area contributed by atoms with Crippen LogP contribution in [0.25, 0.3) is 11.3 Å². The van der Waals surface area contributed by atoms with Gasteiger partial charge in [-0.1, -0.05) is 11.6 Å². The number of hydrogen-bond acceptors (Lipinski definition) is 3. The highest BCUT2D eigenvalue weighted by molar-refractivity contribution is 6.33. The Morgan fingerprint density at radius 2 is 2.12 bits per heavy atom. The fourth-order valence-corrected chi connectivity index (χ4v) is 1.52. The maximum absolute atomic E-state index is 13.1. The number of nitrogens with zero attached hydrogens (tertiary/aromatic N) is 2. The van der Waals surface area contributed by atoms with Crippen LogP contribution in [0.15, 0.2) is 30.6 Å². The Hall–Kier alpha value is -1.68. The van der Waals surface area contributed by atoms with Crippen LogP contribution >= 0.6 is 11.6 Å². The van der Waals surface area contributed by atoms with E-state index in [4.69, 9.17) is 11.6 Å². The minimum absolute atomic E-state index is 0.351. The Morgan fingerprint density at radius 1 is 1.31 bits per heavy atom. The molecule has 0 unspecified atom stereocenters. The Labute approximate surface area is 97.3 Å². The fraction of sp³-hybridized carbons (Fsp3) is 0.0909. The number of nitrogens with one attached hydrogen (secondary N) is 1. The van der Waals surface area contributed by atoms with Gasteiger partial charge in [0.15, 0.2) is 0 Å². The molecule has 16 heavy (non-hydrogen) atoms. The zero-order valence-corrected chi connectivity index (χ0v) is 9.29. The van der Waals surface area contributed by atoms with Crippen molar-refractivity contribution in [3.8, 4) is 11.3 Å². The lowest BCUT2D eigenvalue weighted by atomic mass is 10.1. The minimum Gasteiger partial charge on any atom is -0.372 e. The summed E-state index contributed by atoms with van der Waals surface area (Å²) in [7, 11) is 1.74. The number of rotatable bonds is 2. The van der Waals surface area contributed by atoms with Gasteiger partial charge in [-0.25, -0.2) is 9.37 Å². The van der Waals surface area contributed by atoms with E-state index in [1.54, 1.807) is 19.4 Å². The van der Waals surface area contributed by atoms with Gasteiger partial charge in [0.2, 0.25) is 0 Å². The largest absolute Gasteiger partial charge is 0.372 e. The summed E-state index contributed by atoms with van der Waals surface area (Å²) in [6.07, 6.45) is 3.12. The SMILES string of the molecule is CNc1cncc(-c2cc(F)ccc2Cl)n1. The Morgan fingerprint density at radius 3 is 2.88 bits per heavy atom. The molecule has 3 nitrogen and oxygen atoms in total. The zero-order chi connectivity index (χ0) is 11.5. The average Bonchev–Trinajstić information content (AvgIpc) is 2.32. The quantitative estimate of drug-likeness (QED) is 0.873. The topological polar surface area (TPSA) is 37.8 Å².